The van der Waals surface area contributed by atoms with Crippen molar-refractivity contribution < 1.29 is 28.2 Å². The Hall–Kier alpha value is -3.78. The smallest absolute Gasteiger partial charge is 0.317 e. The average Bonchev–Trinajstić information content (AvgIpc) is 3.45. The highest BCUT2D eigenvalue weighted by Crippen LogP contribution is 2.50. The largest absolute Gasteiger partial charge is 0.494 e. The zero-order chi connectivity index (χ0) is 26.8. The maximum absolute atomic E-state index is 14.3. The minimum atomic E-state index is -1.01. The van der Waals surface area contributed by atoms with Gasteiger partial charge < -0.3 is 9.47 Å². The van der Waals surface area contributed by atoms with Gasteiger partial charge >= 0.3 is 5.97 Å². The number of Topliss-reactive ketones (excluding diaryl/α,β-unsaturated/α-hetero) is 1. The zero-order valence-corrected chi connectivity index (χ0v) is 22.0. The molecule has 0 N–H and O–H groups in total. The third-order valence-corrected chi connectivity index (χ3v) is 8.05. The number of halogens is 1. The molecule has 0 fully saturated rings. The van der Waals surface area contributed by atoms with Crippen molar-refractivity contribution >= 4 is 34.7 Å². The summed E-state index contributed by atoms with van der Waals surface area (Å²) in [7, 11) is 0. The lowest BCUT2D eigenvalue weighted by Gasteiger charge is -2.42. The Bertz CT molecular complexity index is 1360. The number of anilines is 1. The van der Waals surface area contributed by atoms with Gasteiger partial charge in [-0.15, -0.1) is 11.3 Å². The van der Waals surface area contributed by atoms with Gasteiger partial charge in [-0.25, -0.2) is 4.39 Å². The van der Waals surface area contributed by atoms with E-state index in [0.29, 0.717) is 35.7 Å². The first kappa shape index (κ1) is 25.9. The van der Waals surface area contributed by atoms with Crippen LogP contribution >= 0.6 is 11.3 Å². The lowest BCUT2D eigenvalue weighted by molar-refractivity contribution is -0.152. The number of thiophene rings is 1. The molecule has 2 aliphatic rings. The summed E-state index contributed by atoms with van der Waals surface area (Å²) in [5.74, 6) is -2.83. The van der Waals surface area contributed by atoms with Crippen molar-refractivity contribution in [3.63, 3.8) is 0 Å². The minimum Gasteiger partial charge on any atom is -0.494 e. The summed E-state index contributed by atoms with van der Waals surface area (Å²) in [5.41, 5.74) is 2.26. The van der Waals surface area contributed by atoms with Crippen LogP contribution in [-0.4, -0.2) is 30.9 Å². The topological polar surface area (TPSA) is 72.9 Å². The summed E-state index contributed by atoms with van der Waals surface area (Å²) < 4.78 is 24.7. The van der Waals surface area contributed by atoms with Crippen LogP contribution in [-0.2, 0) is 19.1 Å². The number of carbonyl (C=O) groups excluding carboxylic acids is 3. The monoisotopic (exact) mass is 533 g/mol. The van der Waals surface area contributed by atoms with Gasteiger partial charge in [0, 0.05) is 40.1 Å². The van der Waals surface area contributed by atoms with Gasteiger partial charge in [-0.05, 0) is 73.7 Å². The van der Waals surface area contributed by atoms with Crippen molar-refractivity contribution in [2.75, 3.05) is 18.1 Å². The molecule has 196 valence electrons. The Balaban J connectivity index is 1.68. The summed E-state index contributed by atoms with van der Waals surface area (Å²) in [4.78, 5) is 43.6. The molecule has 3 atom stereocenters. The maximum atomic E-state index is 14.3. The van der Waals surface area contributed by atoms with E-state index in [9.17, 15) is 18.8 Å². The van der Waals surface area contributed by atoms with E-state index in [1.165, 1.54) is 40.5 Å². The van der Waals surface area contributed by atoms with Crippen molar-refractivity contribution in [1.82, 2.24) is 0 Å². The summed E-state index contributed by atoms with van der Waals surface area (Å²) in [6, 6.07) is 16.8. The first-order valence-electron chi connectivity index (χ1n) is 12.7. The summed E-state index contributed by atoms with van der Waals surface area (Å²) in [6.45, 7) is 4.30. The molecule has 8 heteroatoms. The normalized spacial score (nSPS) is 21.3. The van der Waals surface area contributed by atoms with Gasteiger partial charge in [0.15, 0.2) is 5.78 Å². The molecule has 1 aliphatic heterocycles. The molecule has 0 spiro atoms. The van der Waals surface area contributed by atoms with Gasteiger partial charge in [0.2, 0.25) is 5.91 Å². The van der Waals surface area contributed by atoms with Gasteiger partial charge in [-0.3, -0.25) is 19.3 Å². The molecule has 0 saturated heterocycles. The second kappa shape index (κ2) is 10.9. The van der Waals surface area contributed by atoms with Crippen LogP contribution in [0, 0.1) is 11.7 Å². The van der Waals surface area contributed by atoms with Gasteiger partial charge in [0.05, 0.1) is 13.2 Å². The van der Waals surface area contributed by atoms with E-state index in [2.05, 4.69) is 0 Å². The SMILES string of the molecule is CCOC(=O)[C@@H]1C(=O)C2=C(C[C@H]1c1cccs1)N(c1ccc(F)cc1)C(=O)C[C@@H]2c1ccc(OCC)cc1. The fraction of sp³-hybridized carbons (Fsp3) is 0.300. The third-order valence-electron chi connectivity index (χ3n) is 7.05. The highest BCUT2D eigenvalue weighted by atomic mass is 32.1. The van der Waals surface area contributed by atoms with Crippen LogP contribution in [0.4, 0.5) is 10.1 Å². The number of hydrogen-bond acceptors (Lipinski definition) is 6. The fourth-order valence-corrected chi connectivity index (χ4v) is 6.31. The number of benzene rings is 2. The molecular weight excluding hydrogens is 505 g/mol. The number of amides is 1. The van der Waals surface area contributed by atoms with E-state index in [1.807, 2.05) is 48.7 Å². The quantitative estimate of drug-likeness (QED) is 0.275. The number of allylic oxidation sites excluding steroid dienone is 2. The molecule has 1 amide bonds. The first-order valence-corrected chi connectivity index (χ1v) is 13.6. The van der Waals surface area contributed by atoms with Crippen LogP contribution in [0.2, 0.25) is 0 Å². The number of esters is 1. The van der Waals surface area contributed by atoms with Crippen LogP contribution < -0.4 is 9.64 Å². The molecule has 2 aromatic carbocycles. The number of nitrogens with zero attached hydrogens (tertiary/aromatic N) is 1. The molecule has 5 rings (SSSR count). The second-order valence-electron chi connectivity index (χ2n) is 9.24. The molecule has 0 unspecified atom stereocenters. The molecular formula is C30H28FNO5S. The van der Waals surface area contributed by atoms with E-state index in [1.54, 1.807) is 6.92 Å². The lowest BCUT2D eigenvalue weighted by atomic mass is 9.69. The Labute approximate surface area is 224 Å². The molecule has 1 aromatic heterocycles. The first-order chi connectivity index (χ1) is 18.4. The predicted octanol–water partition coefficient (Wildman–Crippen LogP) is 6.00. The number of hydrogen-bond donors (Lipinski definition) is 0. The number of rotatable bonds is 7. The van der Waals surface area contributed by atoms with Crippen molar-refractivity contribution in [2.24, 2.45) is 5.92 Å². The maximum Gasteiger partial charge on any atom is 0.317 e. The van der Waals surface area contributed by atoms with Gasteiger partial charge in [0.25, 0.3) is 0 Å². The molecule has 0 saturated carbocycles. The standard InChI is InChI=1S/C30H28FNO5S/c1-3-36-21-13-7-18(8-14-21)22-17-26(33)32(20-11-9-19(31)10-12-20)24-16-23(25-6-5-15-38-25)28(29(34)27(22)24)30(35)37-4-2/h5-15,22-23,28H,3-4,16-17H2,1-2H3/t22-,23+,28+/m1/s1. The van der Waals surface area contributed by atoms with Crippen LogP contribution in [0.5, 0.6) is 5.75 Å². The molecule has 0 radical (unpaired) electrons. The minimum absolute atomic E-state index is 0.0369. The Morgan fingerprint density at radius 3 is 2.37 bits per heavy atom. The summed E-state index contributed by atoms with van der Waals surface area (Å²) in [6.07, 6.45) is 0.330. The lowest BCUT2D eigenvalue weighted by Crippen LogP contribution is -2.46. The average molecular weight is 534 g/mol. The van der Waals surface area contributed by atoms with Gasteiger partial charge in [0.1, 0.15) is 17.5 Å². The third kappa shape index (κ3) is 4.76. The Kier molecular flexibility index (Phi) is 7.42. The molecule has 2 heterocycles. The molecule has 6 nitrogen and oxygen atoms in total. The van der Waals surface area contributed by atoms with Crippen molar-refractivity contribution in [2.45, 2.75) is 38.5 Å². The predicted molar refractivity (Wildman–Crippen MR) is 143 cm³/mol. The van der Waals surface area contributed by atoms with Gasteiger partial charge in [-0.2, -0.15) is 0 Å². The second-order valence-corrected chi connectivity index (χ2v) is 10.2. The highest BCUT2D eigenvalue weighted by molar-refractivity contribution is 7.10. The van der Waals surface area contributed by atoms with Crippen molar-refractivity contribution in [1.29, 1.82) is 0 Å². The summed E-state index contributed by atoms with van der Waals surface area (Å²) in [5, 5.41) is 1.90. The fourth-order valence-electron chi connectivity index (χ4n) is 5.44. The van der Waals surface area contributed by atoms with Crippen molar-refractivity contribution in [3.8, 4) is 5.75 Å². The van der Waals surface area contributed by atoms with E-state index < -0.39 is 29.5 Å². The van der Waals surface area contributed by atoms with Crippen molar-refractivity contribution in [3.05, 3.63) is 93.6 Å². The van der Waals surface area contributed by atoms with E-state index >= 15 is 0 Å². The van der Waals surface area contributed by atoms with E-state index in [4.69, 9.17) is 9.47 Å². The van der Waals surface area contributed by atoms with Crippen LogP contribution in [0.15, 0.2) is 77.3 Å². The van der Waals surface area contributed by atoms with Crippen LogP contribution in [0.25, 0.3) is 0 Å². The van der Waals surface area contributed by atoms with E-state index in [-0.39, 0.29) is 24.7 Å². The molecule has 1 aliphatic carbocycles. The van der Waals surface area contributed by atoms with Crippen LogP contribution in [0.1, 0.15) is 49.0 Å². The van der Waals surface area contributed by atoms with Crippen LogP contribution in [0.3, 0.4) is 0 Å². The number of ether oxygens (including phenoxy) is 2. The Morgan fingerprint density at radius 2 is 1.74 bits per heavy atom. The number of carbonyl (C=O) groups is 3. The highest BCUT2D eigenvalue weighted by Gasteiger charge is 2.50. The molecule has 3 aromatic rings. The molecule has 38 heavy (non-hydrogen) atoms. The van der Waals surface area contributed by atoms with E-state index in [0.717, 1.165) is 10.4 Å². The Morgan fingerprint density at radius 1 is 1.00 bits per heavy atom. The summed E-state index contributed by atoms with van der Waals surface area (Å²) >= 11 is 1.46. The zero-order valence-electron chi connectivity index (χ0n) is 21.2. The number of ketones is 1. The van der Waals surface area contributed by atoms with Gasteiger partial charge in [-0.1, -0.05) is 18.2 Å². The molecule has 0 bridgehead atoms.